The molecule has 1 aromatic carbocycles. The molecule has 0 amide bonds. The quantitative estimate of drug-likeness (QED) is 0.507. The average molecular weight is 253 g/mol. The molecule has 0 aromatic heterocycles. The number of hydrogen-bond acceptors (Lipinski definition) is 3. The summed E-state index contributed by atoms with van der Waals surface area (Å²) in [6.07, 6.45) is 1.85. The van der Waals surface area contributed by atoms with E-state index in [0.29, 0.717) is 11.6 Å². The van der Waals surface area contributed by atoms with Gasteiger partial charge >= 0.3 is 0 Å². The van der Waals surface area contributed by atoms with Gasteiger partial charge in [0.2, 0.25) is 0 Å². The lowest BCUT2D eigenvalue weighted by Crippen LogP contribution is -2.35. The standard InChI is InChI=1S/C10H9ClN4S/c11-9-3-1-8(2-4-9)10(7-14-15-12)13-5-6-16-10/h1-6,13H,7H2. The Morgan fingerprint density at radius 2 is 2.19 bits per heavy atom. The fourth-order valence-electron chi connectivity index (χ4n) is 1.53. The Morgan fingerprint density at radius 1 is 1.44 bits per heavy atom. The van der Waals surface area contributed by atoms with Crippen molar-refractivity contribution >= 4 is 23.4 Å². The second-order valence-corrected chi connectivity index (χ2v) is 4.93. The van der Waals surface area contributed by atoms with E-state index in [4.69, 9.17) is 17.1 Å². The van der Waals surface area contributed by atoms with E-state index in [1.54, 1.807) is 11.8 Å². The van der Waals surface area contributed by atoms with Gasteiger partial charge in [-0.25, -0.2) is 0 Å². The summed E-state index contributed by atoms with van der Waals surface area (Å²) in [6, 6.07) is 7.52. The van der Waals surface area contributed by atoms with E-state index in [0.717, 1.165) is 5.56 Å². The number of nitrogens with one attached hydrogen (secondary N) is 1. The first-order valence-corrected chi connectivity index (χ1v) is 5.90. The molecule has 1 heterocycles. The molecule has 0 fully saturated rings. The van der Waals surface area contributed by atoms with Gasteiger partial charge in [0.1, 0.15) is 4.87 Å². The van der Waals surface area contributed by atoms with Gasteiger partial charge in [-0.2, -0.15) is 0 Å². The minimum Gasteiger partial charge on any atom is -0.372 e. The van der Waals surface area contributed by atoms with E-state index in [1.165, 1.54) is 0 Å². The van der Waals surface area contributed by atoms with Gasteiger partial charge in [-0.3, -0.25) is 0 Å². The van der Waals surface area contributed by atoms with Crippen molar-refractivity contribution in [3.8, 4) is 0 Å². The molecule has 0 bridgehead atoms. The van der Waals surface area contributed by atoms with Crippen molar-refractivity contribution in [1.82, 2.24) is 5.32 Å². The van der Waals surface area contributed by atoms with E-state index in [1.807, 2.05) is 35.9 Å². The predicted molar refractivity (Wildman–Crippen MR) is 67.0 cm³/mol. The van der Waals surface area contributed by atoms with Gasteiger partial charge in [0.25, 0.3) is 0 Å². The maximum absolute atomic E-state index is 8.41. The largest absolute Gasteiger partial charge is 0.372 e. The highest BCUT2D eigenvalue weighted by molar-refractivity contribution is 8.03. The van der Waals surface area contributed by atoms with Gasteiger partial charge < -0.3 is 5.32 Å². The number of thioether (sulfide) groups is 1. The van der Waals surface area contributed by atoms with Gasteiger partial charge in [-0.1, -0.05) is 40.6 Å². The summed E-state index contributed by atoms with van der Waals surface area (Å²) < 4.78 is 0. The number of halogens is 1. The Balaban J connectivity index is 2.32. The van der Waals surface area contributed by atoms with Crippen LogP contribution >= 0.6 is 23.4 Å². The van der Waals surface area contributed by atoms with Crippen LogP contribution in [0.2, 0.25) is 5.02 Å². The lowest BCUT2D eigenvalue weighted by molar-refractivity contribution is 0.580. The van der Waals surface area contributed by atoms with Crippen molar-refractivity contribution in [2.45, 2.75) is 4.87 Å². The molecule has 1 unspecified atom stereocenters. The van der Waals surface area contributed by atoms with Crippen molar-refractivity contribution in [1.29, 1.82) is 0 Å². The zero-order chi connectivity index (χ0) is 11.4. The van der Waals surface area contributed by atoms with Crippen LogP contribution in [0, 0.1) is 0 Å². The molecule has 4 nitrogen and oxygen atoms in total. The molecule has 0 saturated heterocycles. The molecular weight excluding hydrogens is 244 g/mol. The zero-order valence-electron chi connectivity index (χ0n) is 8.30. The van der Waals surface area contributed by atoms with Crippen LogP contribution in [0.1, 0.15) is 5.56 Å². The first-order chi connectivity index (χ1) is 7.77. The van der Waals surface area contributed by atoms with Crippen molar-refractivity contribution in [3.05, 3.63) is 56.9 Å². The number of azide groups is 1. The summed E-state index contributed by atoms with van der Waals surface area (Å²) in [6.45, 7) is 0.350. The lowest BCUT2D eigenvalue weighted by Gasteiger charge is -2.27. The number of hydrogen-bond donors (Lipinski definition) is 1. The third kappa shape index (κ3) is 2.11. The minimum absolute atomic E-state index is 0.350. The minimum atomic E-state index is -0.392. The Bertz CT molecular complexity index is 442. The SMILES string of the molecule is [N-]=[N+]=NCC1(c2ccc(Cl)cc2)NC=CS1. The molecular formula is C10H9ClN4S. The first-order valence-electron chi connectivity index (χ1n) is 4.64. The maximum atomic E-state index is 8.41. The van der Waals surface area contributed by atoms with E-state index in [-0.39, 0.29) is 0 Å². The number of nitrogens with zero attached hydrogens (tertiary/aromatic N) is 3. The lowest BCUT2D eigenvalue weighted by atomic mass is 10.1. The van der Waals surface area contributed by atoms with E-state index >= 15 is 0 Å². The van der Waals surface area contributed by atoms with Crippen LogP contribution < -0.4 is 5.32 Å². The normalized spacial score (nSPS) is 22.6. The molecule has 1 aliphatic rings. The second-order valence-electron chi connectivity index (χ2n) is 3.29. The molecule has 16 heavy (non-hydrogen) atoms. The summed E-state index contributed by atoms with van der Waals surface area (Å²) >= 11 is 7.43. The van der Waals surface area contributed by atoms with Crippen molar-refractivity contribution in [2.24, 2.45) is 5.11 Å². The van der Waals surface area contributed by atoms with E-state index in [9.17, 15) is 0 Å². The summed E-state index contributed by atoms with van der Waals surface area (Å²) in [7, 11) is 0. The highest BCUT2D eigenvalue weighted by Crippen LogP contribution is 2.39. The van der Waals surface area contributed by atoms with Gasteiger partial charge in [0.15, 0.2) is 0 Å². The number of rotatable bonds is 3. The molecule has 1 N–H and O–H groups in total. The monoisotopic (exact) mass is 252 g/mol. The average Bonchev–Trinajstić information content (AvgIpc) is 2.77. The Labute approximate surface area is 102 Å². The molecule has 0 spiro atoms. The molecule has 82 valence electrons. The van der Waals surface area contributed by atoms with Gasteiger partial charge in [0.05, 0.1) is 6.54 Å². The summed E-state index contributed by atoms with van der Waals surface area (Å²) in [5.41, 5.74) is 9.45. The van der Waals surface area contributed by atoms with Gasteiger partial charge in [0, 0.05) is 16.1 Å². The maximum Gasteiger partial charge on any atom is 0.118 e. The predicted octanol–water partition coefficient (Wildman–Crippen LogP) is 3.61. The fourth-order valence-corrected chi connectivity index (χ4v) is 2.56. The van der Waals surface area contributed by atoms with Gasteiger partial charge in [-0.15, -0.1) is 0 Å². The van der Waals surface area contributed by atoms with Crippen molar-refractivity contribution in [2.75, 3.05) is 6.54 Å². The van der Waals surface area contributed by atoms with Crippen LogP contribution in [-0.2, 0) is 4.87 Å². The smallest absolute Gasteiger partial charge is 0.118 e. The van der Waals surface area contributed by atoms with Crippen molar-refractivity contribution < 1.29 is 0 Å². The third-order valence-electron chi connectivity index (χ3n) is 2.32. The summed E-state index contributed by atoms with van der Waals surface area (Å²) in [4.78, 5) is 2.41. The van der Waals surface area contributed by atoms with Gasteiger partial charge in [-0.05, 0) is 28.6 Å². The summed E-state index contributed by atoms with van der Waals surface area (Å²) in [5, 5.41) is 9.50. The highest BCUT2D eigenvalue weighted by atomic mass is 35.5. The van der Waals surface area contributed by atoms with Crippen LogP contribution in [0.3, 0.4) is 0 Å². The molecule has 0 radical (unpaired) electrons. The molecule has 0 saturated carbocycles. The Kier molecular flexibility index (Phi) is 3.29. The van der Waals surface area contributed by atoms with Crippen LogP contribution in [0.15, 0.2) is 41.0 Å². The summed E-state index contributed by atoms with van der Waals surface area (Å²) in [5.74, 6) is 0. The second kappa shape index (κ2) is 4.70. The topological polar surface area (TPSA) is 60.8 Å². The molecule has 0 aliphatic carbocycles. The third-order valence-corrected chi connectivity index (χ3v) is 3.73. The molecule has 6 heteroatoms. The Hall–Kier alpha value is -1.29. The van der Waals surface area contributed by atoms with E-state index in [2.05, 4.69) is 15.3 Å². The first kappa shape index (κ1) is 11.2. The molecule has 1 aromatic rings. The van der Waals surface area contributed by atoms with Crippen LogP contribution in [-0.4, -0.2) is 6.54 Å². The Morgan fingerprint density at radius 3 is 2.75 bits per heavy atom. The number of benzene rings is 1. The molecule has 1 atom stereocenters. The van der Waals surface area contributed by atoms with Crippen molar-refractivity contribution in [3.63, 3.8) is 0 Å². The molecule has 2 rings (SSSR count). The van der Waals surface area contributed by atoms with Crippen LogP contribution in [0.25, 0.3) is 10.4 Å². The van der Waals surface area contributed by atoms with E-state index < -0.39 is 4.87 Å². The molecule has 1 aliphatic heterocycles. The highest BCUT2D eigenvalue weighted by Gasteiger charge is 2.32. The fraction of sp³-hybridized carbons (Fsp3) is 0.200. The van der Waals surface area contributed by atoms with Crippen LogP contribution in [0.4, 0.5) is 0 Å². The zero-order valence-corrected chi connectivity index (χ0v) is 9.87. The van der Waals surface area contributed by atoms with Crippen LogP contribution in [0.5, 0.6) is 0 Å².